The lowest BCUT2D eigenvalue weighted by Crippen LogP contribution is -2.33. The second-order valence-electron chi connectivity index (χ2n) is 4.46. The number of nitrogens with zero attached hydrogens (tertiary/aromatic N) is 3. The molecule has 1 aromatic heterocycles. The Kier molecular flexibility index (Phi) is 3.05. The summed E-state index contributed by atoms with van der Waals surface area (Å²) in [5, 5.41) is 7.85. The zero-order valence-electron chi connectivity index (χ0n) is 9.82. The van der Waals surface area contributed by atoms with Crippen molar-refractivity contribution in [2.75, 3.05) is 7.05 Å². The molecule has 4 nitrogen and oxygen atoms in total. The first-order chi connectivity index (χ1) is 7.20. The van der Waals surface area contributed by atoms with E-state index in [1.807, 2.05) is 20.9 Å². The molecule has 0 spiro atoms. The number of hydrogen-bond acceptors (Lipinski definition) is 3. The lowest BCUT2D eigenvalue weighted by atomic mass is 9.91. The Hall–Kier alpha value is -0.900. The Balaban J connectivity index is 2.13. The van der Waals surface area contributed by atoms with Crippen LogP contribution in [0.5, 0.6) is 0 Å². The summed E-state index contributed by atoms with van der Waals surface area (Å²) in [6.07, 6.45) is 5.00. The Morgan fingerprint density at radius 2 is 2.13 bits per heavy atom. The van der Waals surface area contributed by atoms with Crippen LogP contribution in [0.2, 0.25) is 0 Å². The van der Waals surface area contributed by atoms with Gasteiger partial charge in [-0.25, -0.2) is 9.67 Å². The van der Waals surface area contributed by atoms with E-state index in [1.165, 1.54) is 25.7 Å². The molecular weight excluding hydrogens is 188 g/mol. The monoisotopic (exact) mass is 208 g/mol. The van der Waals surface area contributed by atoms with Gasteiger partial charge in [-0.15, -0.1) is 0 Å². The van der Waals surface area contributed by atoms with Crippen molar-refractivity contribution < 1.29 is 0 Å². The topological polar surface area (TPSA) is 42.7 Å². The van der Waals surface area contributed by atoms with E-state index in [4.69, 9.17) is 0 Å². The summed E-state index contributed by atoms with van der Waals surface area (Å²) >= 11 is 0. The van der Waals surface area contributed by atoms with Gasteiger partial charge in [-0.05, 0) is 46.6 Å². The Bertz CT molecular complexity index is 331. The van der Waals surface area contributed by atoms with Crippen LogP contribution in [0, 0.1) is 13.8 Å². The molecule has 0 radical (unpaired) electrons. The van der Waals surface area contributed by atoms with E-state index in [0.717, 1.165) is 11.6 Å². The fourth-order valence-electron chi connectivity index (χ4n) is 2.53. The van der Waals surface area contributed by atoms with Crippen molar-refractivity contribution in [2.45, 2.75) is 51.6 Å². The lowest BCUT2D eigenvalue weighted by molar-refractivity contribution is 0.274. The molecule has 0 aromatic carbocycles. The van der Waals surface area contributed by atoms with Gasteiger partial charge in [0.2, 0.25) is 0 Å². The van der Waals surface area contributed by atoms with Crippen LogP contribution in [0.3, 0.4) is 0 Å². The summed E-state index contributed by atoms with van der Waals surface area (Å²) in [4.78, 5) is 4.37. The molecule has 1 saturated carbocycles. The summed E-state index contributed by atoms with van der Waals surface area (Å²) in [5.41, 5.74) is 0. The molecular formula is C11H20N4. The van der Waals surface area contributed by atoms with Gasteiger partial charge in [0, 0.05) is 6.04 Å². The van der Waals surface area contributed by atoms with E-state index < -0.39 is 0 Å². The minimum absolute atomic E-state index is 0.539. The fourth-order valence-corrected chi connectivity index (χ4v) is 2.53. The van der Waals surface area contributed by atoms with Crippen molar-refractivity contribution in [3.63, 3.8) is 0 Å². The highest BCUT2D eigenvalue weighted by molar-refractivity contribution is 4.92. The fraction of sp³-hybridized carbons (Fsp3) is 0.818. The van der Waals surface area contributed by atoms with Gasteiger partial charge < -0.3 is 5.32 Å². The molecule has 0 saturated heterocycles. The van der Waals surface area contributed by atoms with Crippen LogP contribution in [0.25, 0.3) is 0 Å². The maximum Gasteiger partial charge on any atom is 0.147 e. The van der Waals surface area contributed by atoms with Gasteiger partial charge in [-0.1, -0.05) is 0 Å². The molecule has 0 amide bonds. The van der Waals surface area contributed by atoms with Crippen LogP contribution in [0.15, 0.2) is 0 Å². The highest BCUT2D eigenvalue weighted by Gasteiger charge is 2.23. The van der Waals surface area contributed by atoms with Crippen LogP contribution in [-0.4, -0.2) is 27.9 Å². The summed E-state index contributed by atoms with van der Waals surface area (Å²) in [7, 11) is 2.05. The first kappa shape index (κ1) is 10.6. The smallest absolute Gasteiger partial charge is 0.147 e. The number of hydrogen-bond donors (Lipinski definition) is 1. The van der Waals surface area contributed by atoms with Crippen molar-refractivity contribution >= 4 is 0 Å². The van der Waals surface area contributed by atoms with Crippen molar-refractivity contribution in [3.8, 4) is 0 Å². The quantitative estimate of drug-likeness (QED) is 0.802. The van der Waals surface area contributed by atoms with Gasteiger partial charge >= 0.3 is 0 Å². The van der Waals surface area contributed by atoms with E-state index in [0.29, 0.717) is 12.1 Å². The summed E-state index contributed by atoms with van der Waals surface area (Å²) in [6.45, 7) is 4.00. The normalized spacial score (nSPS) is 26.9. The predicted molar refractivity (Wildman–Crippen MR) is 59.8 cm³/mol. The molecule has 2 rings (SSSR count). The van der Waals surface area contributed by atoms with E-state index >= 15 is 0 Å². The van der Waals surface area contributed by atoms with Crippen LogP contribution in [0.1, 0.15) is 43.4 Å². The molecule has 4 heteroatoms. The minimum Gasteiger partial charge on any atom is -0.317 e. The molecule has 0 aliphatic heterocycles. The lowest BCUT2D eigenvalue weighted by Gasteiger charge is -2.29. The molecule has 2 unspecified atom stereocenters. The number of nitrogens with one attached hydrogen (secondary N) is 1. The Morgan fingerprint density at radius 3 is 2.73 bits per heavy atom. The van der Waals surface area contributed by atoms with Crippen LogP contribution >= 0.6 is 0 Å². The predicted octanol–water partition coefficient (Wildman–Crippen LogP) is 1.60. The van der Waals surface area contributed by atoms with Crippen LogP contribution in [0.4, 0.5) is 0 Å². The number of rotatable bonds is 2. The minimum atomic E-state index is 0.539. The van der Waals surface area contributed by atoms with E-state index in [-0.39, 0.29) is 0 Å². The van der Waals surface area contributed by atoms with E-state index in [1.54, 1.807) is 0 Å². The van der Waals surface area contributed by atoms with Crippen LogP contribution in [-0.2, 0) is 0 Å². The first-order valence-corrected chi connectivity index (χ1v) is 5.77. The van der Waals surface area contributed by atoms with Crippen molar-refractivity contribution in [2.24, 2.45) is 0 Å². The zero-order valence-corrected chi connectivity index (χ0v) is 9.82. The molecule has 15 heavy (non-hydrogen) atoms. The number of aromatic nitrogens is 3. The standard InChI is InChI=1S/C11H20N4/c1-8-13-9(2)15(14-8)11-6-4-5-10(7-11)12-3/h10-12H,4-7H2,1-3H3. The van der Waals surface area contributed by atoms with Gasteiger partial charge in [0.15, 0.2) is 0 Å². The third kappa shape index (κ3) is 2.20. The summed E-state index contributed by atoms with van der Waals surface area (Å²) in [6, 6.07) is 1.19. The second-order valence-corrected chi connectivity index (χ2v) is 4.46. The summed E-state index contributed by atoms with van der Waals surface area (Å²) in [5.74, 6) is 1.94. The molecule has 0 bridgehead atoms. The first-order valence-electron chi connectivity index (χ1n) is 5.77. The van der Waals surface area contributed by atoms with E-state index in [9.17, 15) is 0 Å². The van der Waals surface area contributed by atoms with Gasteiger partial charge in [-0.2, -0.15) is 5.10 Å². The number of aryl methyl sites for hydroxylation is 2. The zero-order chi connectivity index (χ0) is 10.8. The molecule has 2 atom stereocenters. The SMILES string of the molecule is CNC1CCCC(n2nc(C)nc2C)C1. The molecule has 1 aromatic rings. The van der Waals surface area contributed by atoms with Gasteiger partial charge in [0.25, 0.3) is 0 Å². The molecule has 1 heterocycles. The average Bonchev–Trinajstić information content (AvgIpc) is 2.58. The maximum atomic E-state index is 4.48. The highest BCUT2D eigenvalue weighted by atomic mass is 15.4. The molecule has 1 N–H and O–H groups in total. The van der Waals surface area contributed by atoms with E-state index in [2.05, 4.69) is 20.1 Å². The molecule has 1 aliphatic carbocycles. The Labute approximate surface area is 91.1 Å². The highest BCUT2D eigenvalue weighted by Crippen LogP contribution is 2.28. The largest absolute Gasteiger partial charge is 0.317 e. The van der Waals surface area contributed by atoms with Gasteiger partial charge in [-0.3, -0.25) is 0 Å². The van der Waals surface area contributed by atoms with Gasteiger partial charge in [0.05, 0.1) is 6.04 Å². The third-order valence-corrected chi connectivity index (χ3v) is 3.31. The van der Waals surface area contributed by atoms with Crippen molar-refractivity contribution in [1.82, 2.24) is 20.1 Å². The van der Waals surface area contributed by atoms with Crippen molar-refractivity contribution in [1.29, 1.82) is 0 Å². The Morgan fingerprint density at radius 1 is 1.33 bits per heavy atom. The third-order valence-electron chi connectivity index (χ3n) is 3.31. The van der Waals surface area contributed by atoms with Crippen molar-refractivity contribution in [3.05, 3.63) is 11.6 Å². The average molecular weight is 208 g/mol. The second kappa shape index (κ2) is 4.31. The van der Waals surface area contributed by atoms with Crippen LogP contribution < -0.4 is 5.32 Å². The maximum absolute atomic E-state index is 4.48. The van der Waals surface area contributed by atoms with Gasteiger partial charge in [0.1, 0.15) is 11.6 Å². The molecule has 84 valence electrons. The molecule has 1 fully saturated rings. The summed E-state index contributed by atoms with van der Waals surface area (Å²) < 4.78 is 2.11. The molecule has 1 aliphatic rings.